The Labute approximate surface area is 178 Å². The summed E-state index contributed by atoms with van der Waals surface area (Å²) in [6, 6.07) is 14.0. The number of anilines is 1. The maximum atomic E-state index is 12.4. The number of Topliss-reactive ketones (excluding diaryl/α,β-unsaturated/α-hetero) is 1. The van der Waals surface area contributed by atoms with Gasteiger partial charge in [-0.2, -0.15) is 5.26 Å². The number of pyridine rings is 1. The third kappa shape index (κ3) is 4.70. The van der Waals surface area contributed by atoms with Gasteiger partial charge in [0, 0.05) is 22.7 Å². The van der Waals surface area contributed by atoms with E-state index < -0.39 is 0 Å². The molecule has 152 valence electrons. The molecule has 0 aliphatic carbocycles. The van der Waals surface area contributed by atoms with Crippen molar-refractivity contribution in [2.45, 2.75) is 11.9 Å². The van der Waals surface area contributed by atoms with Crippen molar-refractivity contribution in [3.05, 3.63) is 53.6 Å². The van der Waals surface area contributed by atoms with Crippen LogP contribution in [0.15, 0.2) is 47.5 Å². The number of hydrogen-bond acceptors (Lipinski definition) is 7. The molecule has 30 heavy (non-hydrogen) atoms. The van der Waals surface area contributed by atoms with Crippen LogP contribution in [0.2, 0.25) is 0 Å². The highest BCUT2D eigenvalue weighted by molar-refractivity contribution is 8.00. The zero-order valence-corrected chi connectivity index (χ0v) is 17.5. The van der Waals surface area contributed by atoms with Crippen molar-refractivity contribution < 1.29 is 19.1 Å². The molecule has 3 aromatic rings. The van der Waals surface area contributed by atoms with E-state index in [0.29, 0.717) is 38.9 Å². The number of nitrogens with one attached hydrogen (secondary N) is 1. The Hall–Kier alpha value is -3.57. The lowest BCUT2D eigenvalue weighted by Gasteiger charge is -2.11. The van der Waals surface area contributed by atoms with E-state index in [0.717, 1.165) is 17.1 Å². The average Bonchev–Trinajstić information content (AvgIpc) is 2.76. The molecule has 0 fully saturated rings. The Morgan fingerprint density at radius 1 is 1.13 bits per heavy atom. The van der Waals surface area contributed by atoms with Gasteiger partial charge in [-0.25, -0.2) is 4.98 Å². The monoisotopic (exact) mass is 421 g/mol. The largest absolute Gasteiger partial charge is 0.493 e. The van der Waals surface area contributed by atoms with Crippen molar-refractivity contribution in [1.82, 2.24) is 4.98 Å². The van der Waals surface area contributed by atoms with Crippen LogP contribution in [0.1, 0.15) is 22.8 Å². The molecule has 1 aromatic heterocycles. The maximum absolute atomic E-state index is 12.4. The van der Waals surface area contributed by atoms with E-state index >= 15 is 0 Å². The van der Waals surface area contributed by atoms with Crippen LogP contribution in [-0.2, 0) is 4.79 Å². The van der Waals surface area contributed by atoms with Crippen LogP contribution in [0.5, 0.6) is 11.5 Å². The zero-order valence-electron chi connectivity index (χ0n) is 16.7. The first-order valence-electron chi connectivity index (χ1n) is 8.95. The van der Waals surface area contributed by atoms with Crippen LogP contribution < -0.4 is 14.8 Å². The SMILES string of the molecule is COc1cc2cc(C#N)c(SCC(=O)Nc3cccc(C(C)=O)c3)nc2cc1OC. The number of thioether (sulfide) groups is 1. The molecule has 0 saturated heterocycles. The number of benzene rings is 2. The Balaban J connectivity index is 1.79. The number of rotatable bonds is 7. The van der Waals surface area contributed by atoms with Crippen molar-refractivity contribution in [2.75, 3.05) is 25.3 Å². The molecule has 0 spiro atoms. The minimum atomic E-state index is -0.265. The standard InChI is InChI=1S/C22H19N3O4S/c1-13(26)14-5-4-6-17(8-14)24-21(27)12-30-22-16(11-23)7-15-9-19(28-2)20(29-3)10-18(15)25-22/h4-10H,12H2,1-3H3,(H,24,27). The summed E-state index contributed by atoms with van der Waals surface area (Å²) in [5, 5.41) is 13.4. The van der Waals surface area contributed by atoms with Crippen LogP contribution in [0, 0.1) is 11.3 Å². The quantitative estimate of drug-likeness (QED) is 0.453. The number of carbonyl (C=O) groups is 2. The summed E-state index contributed by atoms with van der Waals surface area (Å²) in [4.78, 5) is 28.4. The molecule has 0 radical (unpaired) electrons. The normalized spacial score (nSPS) is 10.3. The van der Waals surface area contributed by atoms with Gasteiger partial charge in [-0.15, -0.1) is 0 Å². The zero-order chi connectivity index (χ0) is 21.7. The highest BCUT2D eigenvalue weighted by Gasteiger charge is 2.14. The fourth-order valence-electron chi connectivity index (χ4n) is 2.82. The molecule has 0 bridgehead atoms. The molecular weight excluding hydrogens is 402 g/mol. The second kappa shape index (κ2) is 9.29. The molecule has 0 atom stereocenters. The van der Waals surface area contributed by atoms with Gasteiger partial charge >= 0.3 is 0 Å². The summed E-state index contributed by atoms with van der Waals surface area (Å²) >= 11 is 1.16. The molecule has 0 aliphatic heterocycles. The average molecular weight is 421 g/mol. The number of nitrogens with zero attached hydrogens (tertiary/aromatic N) is 2. The first kappa shape index (κ1) is 21.1. The number of carbonyl (C=O) groups excluding carboxylic acids is 2. The van der Waals surface area contributed by atoms with Gasteiger partial charge in [0.15, 0.2) is 17.3 Å². The van der Waals surface area contributed by atoms with E-state index in [1.54, 1.807) is 42.5 Å². The lowest BCUT2D eigenvalue weighted by molar-refractivity contribution is -0.113. The molecule has 0 saturated carbocycles. The molecular formula is C22H19N3O4S. The summed E-state index contributed by atoms with van der Waals surface area (Å²) in [5.74, 6) is 0.792. The fraction of sp³-hybridized carbons (Fsp3) is 0.182. The van der Waals surface area contributed by atoms with Gasteiger partial charge in [-0.05, 0) is 31.2 Å². The Bertz CT molecular complexity index is 1170. The first-order chi connectivity index (χ1) is 14.4. The molecule has 3 rings (SSSR count). The van der Waals surface area contributed by atoms with Gasteiger partial charge in [0.1, 0.15) is 11.1 Å². The van der Waals surface area contributed by atoms with E-state index in [2.05, 4.69) is 16.4 Å². The molecule has 0 unspecified atom stereocenters. The molecule has 8 heteroatoms. The highest BCUT2D eigenvalue weighted by atomic mass is 32.2. The van der Waals surface area contributed by atoms with E-state index in [9.17, 15) is 14.9 Å². The number of amides is 1. The van der Waals surface area contributed by atoms with Crippen LogP contribution in [0.3, 0.4) is 0 Å². The van der Waals surface area contributed by atoms with Crippen molar-refractivity contribution in [2.24, 2.45) is 0 Å². The number of aromatic nitrogens is 1. The Morgan fingerprint density at radius 3 is 2.53 bits per heavy atom. The van der Waals surface area contributed by atoms with Crippen LogP contribution in [0.4, 0.5) is 5.69 Å². The topological polar surface area (TPSA) is 101 Å². The fourth-order valence-corrected chi connectivity index (χ4v) is 3.58. The predicted octanol–water partition coefficient (Wildman–Crippen LogP) is 4.06. The lowest BCUT2D eigenvalue weighted by atomic mass is 10.1. The van der Waals surface area contributed by atoms with Crippen molar-refractivity contribution in [3.8, 4) is 17.6 Å². The minimum Gasteiger partial charge on any atom is -0.493 e. The summed E-state index contributed by atoms with van der Waals surface area (Å²) in [6.07, 6.45) is 0. The Morgan fingerprint density at radius 2 is 1.87 bits per heavy atom. The first-order valence-corrected chi connectivity index (χ1v) is 9.94. The van der Waals surface area contributed by atoms with Crippen molar-refractivity contribution in [3.63, 3.8) is 0 Å². The Kier molecular flexibility index (Phi) is 6.54. The predicted molar refractivity (Wildman–Crippen MR) is 115 cm³/mol. The lowest BCUT2D eigenvalue weighted by Crippen LogP contribution is -2.14. The van der Waals surface area contributed by atoms with Crippen LogP contribution in [-0.4, -0.2) is 36.6 Å². The summed E-state index contributed by atoms with van der Waals surface area (Å²) in [7, 11) is 3.08. The second-order valence-electron chi connectivity index (χ2n) is 6.33. The van der Waals surface area contributed by atoms with Crippen LogP contribution >= 0.6 is 11.8 Å². The van der Waals surface area contributed by atoms with Crippen molar-refractivity contribution >= 4 is 40.0 Å². The van der Waals surface area contributed by atoms with Gasteiger partial charge in [0.05, 0.1) is 31.1 Å². The van der Waals surface area contributed by atoms with Crippen molar-refractivity contribution in [1.29, 1.82) is 5.26 Å². The number of methoxy groups -OCH3 is 2. The molecule has 2 aromatic carbocycles. The number of fused-ring (bicyclic) bond motifs is 1. The van der Waals surface area contributed by atoms with Gasteiger partial charge in [-0.1, -0.05) is 23.9 Å². The number of ether oxygens (including phenoxy) is 2. The molecule has 1 amide bonds. The molecule has 7 nitrogen and oxygen atoms in total. The maximum Gasteiger partial charge on any atom is 0.234 e. The summed E-state index contributed by atoms with van der Waals surface area (Å²) in [6.45, 7) is 1.47. The molecule has 1 heterocycles. The third-order valence-electron chi connectivity index (χ3n) is 4.30. The summed E-state index contributed by atoms with van der Waals surface area (Å²) in [5.41, 5.74) is 2.06. The second-order valence-corrected chi connectivity index (χ2v) is 7.29. The third-order valence-corrected chi connectivity index (χ3v) is 5.29. The minimum absolute atomic E-state index is 0.0603. The van der Waals surface area contributed by atoms with E-state index in [1.807, 2.05) is 0 Å². The van der Waals surface area contributed by atoms with Gasteiger partial charge in [0.25, 0.3) is 0 Å². The highest BCUT2D eigenvalue weighted by Crippen LogP contribution is 2.33. The number of hydrogen-bond donors (Lipinski definition) is 1. The van der Waals surface area contributed by atoms with Gasteiger partial charge in [-0.3, -0.25) is 9.59 Å². The summed E-state index contributed by atoms with van der Waals surface area (Å²) < 4.78 is 10.6. The van der Waals surface area contributed by atoms with Crippen LogP contribution in [0.25, 0.3) is 10.9 Å². The van der Waals surface area contributed by atoms with E-state index in [-0.39, 0.29) is 17.4 Å². The smallest absolute Gasteiger partial charge is 0.234 e. The van der Waals surface area contributed by atoms with Gasteiger partial charge < -0.3 is 14.8 Å². The van der Waals surface area contributed by atoms with E-state index in [4.69, 9.17) is 9.47 Å². The molecule has 1 N–H and O–H groups in total. The van der Waals surface area contributed by atoms with Gasteiger partial charge in [0.2, 0.25) is 5.91 Å². The number of nitriles is 1. The number of ketones is 1. The molecule has 0 aliphatic rings. The van der Waals surface area contributed by atoms with E-state index in [1.165, 1.54) is 21.1 Å².